The van der Waals surface area contributed by atoms with Gasteiger partial charge in [-0.1, -0.05) is 0 Å². The Kier molecular flexibility index (Phi) is 2.10. The molecule has 2 heterocycles. The van der Waals surface area contributed by atoms with Crippen molar-refractivity contribution in [1.82, 2.24) is 20.0 Å². The van der Waals surface area contributed by atoms with E-state index in [1.54, 1.807) is 17.1 Å². The highest BCUT2D eigenvalue weighted by Gasteiger charge is 2.06. The number of aryl methyl sites for hydroxylation is 1. The summed E-state index contributed by atoms with van der Waals surface area (Å²) < 4.78 is 2.71. The zero-order valence-electron chi connectivity index (χ0n) is 6.98. The van der Waals surface area contributed by atoms with Gasteiger partial charge in [-0.25, -0.2) is 0 Å². The highest BCUT2D eigenvalue weighted by atomic mass is 79.9. The standard InChI is InChI=1S/C8H7BrN4/c1-13-5-7(9)8(12-13)6-2-3-10-11-4-6/h2-5H,1H3. The summed E-state index contributed by atoms with van der Waals surface area (Å²) in [4.78, 5) is 0. The van der Waals surface area contributed by atoms with Crippen LogP contribution in [0.1, 0.15) is 0 Å². The first-order valence-electron chi connectivity index (χ1n) is 3.73. The van der Waals surface area contributed by atoms with Gasteiger partial charge in [-0.2, -0.15) is 15.3 Å². The van der Waals surface area contributed by atoms with Gasteiger partial charge in [0.1, 0.15) is 5.69 Å². The van der Waals surface area contributed by atoms with Crippen LogP contribution in [0.3, 0.4) is 0 Å². The Morgan fingerprint density at radius 1 is 1.38 bits per heavy atom. The Morgan fingerprint density at radius 2 is 2.23 bits per heavy atom. The molecule has 0 saturated carbocycles. The minimum Gasteiger partial charge on any atom is -0.274 e. The Morgan fingerprint density at radius 3 is 2.77 bits per heavy atom. The van der Waals surface area contributed by atoms with Crippen molar-refractivity contribution in [2.75, 3.05) is 0 Å². The normalized spacial score (nSPS) is 10.3. The van der Waals surface area contributed by atoms with E-state index in [1.165, 1.54) is 0 Å². The van der Waals surface area contributed by atoms with E-state index < -0.39 is 0 Å². The number of halogens is 1. The third kappa shape index (κ3) is 1.60. The van der Waals surface area contributed by atoms with E-state index in [0.717, 1.165) is 15.7 Å². The summed E-state index contributed by atoms with van der Waals surface area (Å²) in [5.74, 6) is 0. The van der Waals surface area contributed by atoms with Crippen molar-refractivity contribution in [2.45, 2.75) is 0 Å². The fourth-order valence-electron chi connectivity index (χ4n) is 1.09. The minimum atomic E-state index is 0.886. The summed E-state index contributed by atoms with van der Waals surface area (Å²) in [6.07, 6.45) is 5.24. The smallest absolute Gasteiger partial charge is 0.108 e. The van der Waals surface area contributed by atoms with E-state index in [0.29, 0.717) is 0 Å². The monoisotopic (exact) mass is 238 g/mol. The van der Waals surface area contributed by atoms with Gasteiger partial charge in [0, 0.05) is 18.8 Å². The van der Waals surface area contributed by atoms with Crippen LogP contribution >= 0.6 is 15.9 Å². The molecule has 0 unspecified atom stereocenters. The molecule has 2 rings (SSSR count). The number of hydrogen-bond donors (Lipinski definition) is 0. The summed E-state index contributed by atoms with van der Waals surface area (Å²) in [5, 5.41) is 11.8. The minimum absolute atomic E-state index is 0.886. The van der Waals surface area contributed by atoms with Crippen LogP contribution in [0, 0.1) is 0 Å². The molecule has 0 radical (unpaired) electrons. The van der Waals surface area contributed by atoms with Crippen LogP contribution in [0.25, 0.3) is 11.3 Å². The van der Waals surface area contributed by atoms with Crippen molar-refractivity contribution >= 4 is 15.9 Å². The first-order valence-corrected chi connectivity index (χ1v) is 4.53. The number of nitrogens with zero attached hydrogens (tertiary/aromatic N) is 4. The van der Waals surface area contributed by atoms with E-state index in [4.69, 9.17) is 0 Å². The Bertz CT molecular complexity index is 409. The molecule has 0 fully saturated rings. The topological polar surface area (TPSA) is 43.6 Å². The average Bonchev–Trinajstić information content (AvgIpc) is 2.47. The Labute approximate surface area is 83.7 Å². The second kappa shape index (κ2) is 3.26. The molecule has 4 nitrogen and oxygen atoms in total. The molecule has 0 atom stereocenters. The second-order valence-corrected chi connectivity index (χ2v) is 3.48. The molecule has 0 bridgehead atoms. The molecule has 0 aromatic carbocycles. The lowest BCUT2D eigenvalue weighted by Gasteiger charge is -1.93. The SMILES string of the molecule is Cn1cc(Br)c(-c2ccnnc2)n1. The zero-order chi connectivity index (χ0) is 9.26. The fourth-order valence-corrected chi connectivity index (χ4v) is 1.69. The first-order chi connectivity index (χ1) is 6.27. The largest absolute Gasteiger partial charge is 0.274 e. The molecule has 0 N–H and O–H groups in total. The van der Waals surface area contributed by atoms with Crippen molar-refractivity contribution in [3.63, 3.8) is 0 Å². The summed E-state index contributed by atoms with van der Waals surface area (Å²) in [5.41, 5.74) is 1.85. The summed E-state index contributed by atoms with van der Waals surface area (Å²) >= 11 is 3.42. The summed E-state index contributed by atoms with van der Waals surface area (Å²) in [7, 11) is 1.88. The maximum atomic E-state index is 4.28. The first kappa shape index (κ1) is 8.37. The van der Waals surface area contributed by atoms with Crippen LogP contribution in [0.4, 0.5) is 0 Å². The van der Waals surface area contributed by atoms with Crippen molar-refractivity contribution in [3.8, 4) is 11.3 Å². The maximum Gasteiger partial charge on any atom is 0.108 e. The highest BCUT2D eigenvalue weighted by molar-refractivity contribution is 9.10. The van der Waals surface area contributed by atoms with Crippen molar-refractivity contribution in [2.24, 2.45) is 7.05 Å². The molecule has 0 aliphatic rings. The van der Waals surface area contributed by atoms with Gasteiger partial charge in [-0.05, 0) is 22.0 Å². The predicted molar refractivity (Wildman–Crippen MR) is 51.9 cm³/mol. The molecule has 2 aromatic rings. The maximum absolute atomic E-state index is 4.28. The van der Waals surface area contributed by atoms with E-state index in [1.807, 2.05) is 19.3 Å². The Hall–Kier alpha value is -1.23. The molecular weight excluding hydrogens is 232 g/mol. The molecule has 2 aromatic heterocycles. The molecule has 5 heteroatoms. The van der Waals surface area contributed by atoms with E-state index >= 15 is 0 Å². The number of aromatic nitrogens is 4. The van der Waals surface area contributed by atoms with Crippen LogP contribution in [-0.4, -0.2) is 20.0 Å². The molecule has 0 aliphatic heterocycles. The van der Waals surface area contributed by atoms with Crippen LogP contribution in [0.5, 0.6) is 0 Å². The lowest BCUT2D eigenvalue weighted by Crippen LogP contribution is -1.88. The van der Waals surface area contributed by atoms with Crippen LogP contribution in [0.15, 0.2) is 29.1 Å². The van der Waals surface area contributed by atoms with E-state index in [-0.39, 0.29) is 0 Å². The predicted octanol–water partition coefficient (Wildman–Crippen LogP) is 1.64. The quantitative estimate of drug-likeness (QED) is 0.759. The Balaban J connectivity index is 2.53. The summed E-state index contributed by atoms with van der Waals surface area (Å²) in [6.45, 7) is 0. The lowest BCUT2D eigenvalue weighted by atomic mass is 10.2. The van der Waals surface area contributed by atoms with Gasteiger partial charge in [0.15, 0.2) is 0 Å². The summed E-state index contributed by atoms with van der Waals surface area (Å²) in [6, 6.07) is 1.88. The van der Waals surface area contributed by atoms with Crippen molar-refractivity contribution in [1.29, 1.82) is 0 Å². The van der Waals surface area contributed by atoms with Gasteiger partial charge in [-0.3, -0.25) is 4.68 Å². The van der Waals surface area contributed by atoms with Gasteiger partial charge >= 0.3 is 0 Å². The second-order valence-electron chi connectivity index (χ2n) is 2.63. The number of rotatable bonds is 1. The molecule has 13 heavy (non-hydrogen) atoms. The third-order valence-electron chi connectivity index (χ3n) is 1.64. The van der Waals surface area contributed by atoms with Gasteiger partial charge < -0.3 is 0 Å². The fraction of sp³-hybridized carbons (Fsp3) is 0.125. The van der Waals surface area contributed by atoms with Crippen LogP contribution in [0.2, 0.25) is 0 Å². The van der Waals surface area contributed by atoms with Crippen molar-refractivity contribution in [3.05, 3.63) is 29.1 Å². The lowest BCUT2D eigenvalue weighted by molar-refractivity contribution is 0.770. The molecule has 0 saturated heterocycles. The van der Waals surface area contributed by atoms with Gasteiger partial charge in [-0.15, -0.1) is 0 Å². The number of hydrogen-bond acceptors (Lipinski definition) is 3. The van der Waals surface area contributed by atoms with Gasteiger partial charge in [0.2, 0.25) is 0 Å². The molecule has 0 aliphatic carbocycles. The molecular formula is C8H7BrN4. The highest BCUT2D eigenvalue weighted by Crippen LogP contribution is 2.24. The average molecular weight is 239 g/mol. The van der Waals surface area contributed by atoms with E-state index in [9.17, 15) is 0 Å². The van der Waals surface area contributed by atoms with Crippen LogP contribution in [-0.2, 0) is 7.05 Å². The van der Waals surface area contributed by atoms with Crippen LogP contribution < -0.4 is 0 Å². The van der Waals surface area contributed by atoms with Gasteiger partial charge in [0.05, 0.1) is 16.9 Å². The molecule has 0 spiro atoms. The molecule has 66 valence electrons. The molecule has 0 amide bonds. The van der Waals surface area contributed by atoms with Crippen molar-refractivity contribution < 1.29 is 0 Å². The van der Waals surface area contributed by atoms with Gasteiger partial charge in [0.25, 0.3) is 0 Å². The van der Waals surface area contributed by atoms with E-state index in [2.05, 4.69) is 31.2 Å². The third-order valence-corrected chi connectivity index (χ3v) is 2.22. The zero-order valence-corrected chi connectivity index (χ0v) is 8.56.